The summed E-state index contributed by atoms with van der Waals surface area (Å²) in [5, 5.41) is 2.60. The molecule has 0 spiro atoms. The monoisotopic (exact) mass is 499 g/mol. The number of methoxy groups -OCH3 is 1. The van der Waals surface area contributed by atoms with Crippen molar-refractivity contribution < 1.29 is 32.2 Å². The molecule has 1 aliphatic rings. The lowest BCUT2D eigenvalue weighted by Crippen LogP contribution is -2.50. The molecule has 1 aliphatic heterocycles. The van der Waals surface area contributed by atoms with Crippen LogP contribution in [0.3, 0.4) is 0 Å². The van der Waals surface area contributed by atoms with E-state index >= 15 is 0 Å². The molecule has 4 rings (SSSR count). The number of carbonyl (C=O) groups is 2. The molecule has 0 saturated carbocycles. The third kappa shape index (κ3) is 5.83. The SMILES string of the molecule is COC1(Oc2cccc(NC(=O)c3cccc(C(F)(F)F)c3)c2)CCN(C(=O)c2cccnc2)CC1. The zero-order valence-electron chi connectivity index (χ0n) is 19.4. The molecule has 1 aromatic heterocycles. The van der Waals surface area contributed by atoms with Gasteiger partial charge in [-0.1, -0.05) is 12.1 Å². The number of hydrogen-bond donors (Lipinski definition) is 1. The van der Waals surface area contributed by atoms with Crippen molar-refractivity contribution in [2.45, 2.75) is 24.8 Å². The summed E-state index contributed by atoms with van der Waals surface area (Å²) in [6.07, 6.45) is -0.591. The number of pyridine rings is 1. The van der Waals surface area contributed by atoms with Gasteiger partial charge >= 0.3 is 6.18 Å². The van der Waals surface area contributed by atoms with E-state index in [9.17, 15) is 22.8 Å². The van der Waals surface area contributed by atoms with Crippen LogP contribution in [0.4, 0.5) is 18.9 Å². The first-order chi connectivity index (χ1) is 17.2. The van der Waals surface area contributed by atoms with Crippen molar-refractivity contribution in [2.75, 3.05) is 25.5 Å². The van der Waals surface area contributed by atoms with Crippen molar-refractivity contribution in [1.29, 1.82) is 0 Å². The van der Waals surface area contributed by atoms with E-state index in [0.29, 0.717) is 42.9 Å². The number of nitrogens with one attached hydrogen (secondary N) is 1. The standard InChI is InChI=1S/C26H24F3N3O4/c1-35-25(10-13-32(14-11-25)24(34)19-6-4-12-30-17-19)36-22-9-3-8-21(16-22)31-23(33)18-5-2-7-20(15-18)26(27,28)29/h2-9,12,15-17H,10-11,13-14H2,1H3,(H,31,33). The van der Waals surface area contributed by atoms with E-state index in [2.05, 4.69) is 10.3 Å². The van der Waals surface area contributed by atoms with Crippen LogP contribution >= 0.6 is 0 Å². The summed E-state index contributed by atoms with van der Waals surface area (Å²) in [7, 11) is 1.53. The first-order valence-corrected chi connectivity index (χ1v) is 11.2. The van der Waals surface area contributed by atoms with Gasteiger partial charge < -0.3 is 19.7 Å². The maximum absolute atomic E-state index is 13.0. The van der Waals surface area contributed by atoms with Crippen LogP contribution in [-0.2, 0) is 10.9 Å². The maximum atomic E-state index is 13.0. The lowest BCUT2D eigenvalue weighted by molar-refractivity contribution is -0.187. The molecule has 2 amide bonds. The Morgan fingerprint density at radius 3 is 2.39 bits per heavy atom. The van der Waals surface area contributed by atoms with E-state index in [4.69, 9.17) is 9.47 Å². The summed E-state index contributed by atoms with van der Waals surface area (Å²) in [6, 6.07) is 14.1. The van der Waals surface area contributed by atoms with Crippen LogP contribution in [0.1, 0.15) is 39.1 Å². The number of amides is 2. The summed E-state index contributed by atoms with van der Waals surface area (Å²) in [5.74, 6) is -1.37. The van der Waals surface area contributed by atoms with Crippen LogP contribution < -0.4 is 10.1 Å². The van der Waals surface area contributed by atoms with E-state index in [-0.39, 0.29) is 11.5 Å². The number of aromatic nitrogens is 1. The molecule has 0 aliphatic carbocycles. The number of ether oxygens (including phenoxy) is 2. The van der Waals surface area contributed by atoms with Crippen LogP contribution in [-0.4, -0.2) is 47.7 Å². The fraction of sp³-hybridized carbons (Fsp3) is 0.269. The highest BCUT2D eigenvalue weighted by molar-refractivity contribution is 6.04. The number of alkyl halides is 3. The molecule has 1 fully saturated rings. The van der Waals surface area contributed by atoms with Gasteiger partial charge in [-0.2, -0.15) is 13.2 Å². The Labute approximate surface area is 205 Å². The molecule has 1 saturated heterocycles. The highest BCUT2D eigenvalue weighted by Gasteiger charge is 2.38. The summed E-state index contributed by atoms with van der Waals surface area (Å²) in [6.45, 7) is 0.821. The van der Waals surface area contributed by atoms with Crippen molar-refractivity contribution in [3.05, 3.63) is 89.7 Å². The second-order valence-electron chi connectivity index (χ2n) is 8.31. The van der Waals surface area contributed by atoms with Crippen molar-refractivity contribution in [2.24, 2.45) is 0 Å². The largest absolute Gasteiger partial charge is 0.462 e. The Morgan fingerprint density at radius 1 is 1.00 bits per heavy atom. The van der Waals surface area contributed by atoms with Gasteiger partial charge in [-0.05, 0) is 42.5 Å². The van der Waals surface area contributed by atoms with Gasteiger partial charge in [0.25, 0.3) is 11.8 Å². The van der Waals surface area contributed by atoms with Crippen LogP contribution in [0.2, 0.25) is 0 Å². The van der Waals surface area contributed by atoms with Gasteiger partial charge in [0.2, 0.25) is 5.79 Å². The van der Waals surface area contributed by atoms with E-state index < -0.39 is 23.4 Å². The van der Waals surface area contributed by atoms with Crippen LogP contribution in [0.5, 0.6) is 5.75 Å². The lowest BCUT2D eigenvalue weighted by Gasteiger charge is -2.40. The molecular formula is C26H24F3N3O4. The summed E-state index contributed by atoms with van der Waals surface area (Å²) in [5.41, 5.74) is -0.157. The number of anilines is 1. The van der Waals surface area contributed by atoms with Gasteiger partial charge in [0, 0.05) is 62.8 Å². The molecule has 188 valence electrons. The van der Waals surface area contributed by atoms with Crippen LogP contribution in [0.15, 0.2) is 73.1 Å². The maximum Gasteiger partial charge on any atom is 0.416 e. The van der Waals surface area contributed by atoms with Gasteiger partial charge in [-0.25, -0.2) is 0 Å². The smallest absolute Gasteiger partial charge is 0.416 e. The first kappa shape index (κ1) is 25.2. The first-order valence-electron chi connectivity index (χ1n) is 11.2. The minimum absolute atomic E-state index is 0.116. The molecule has 0 atom stereocenters. The Morgan fingerprint density at radius 2 is 1.72 bits per heavy atom. The van der Waals surface area contributed by atoms with Gasteiger partial charge in [0.15, 0.2) is 0 Å². The summed E-state index contributed by atoms with van der Waals surface area (Å²) >= 11 is 0. The molecule has 0 bridgehead atoms. The molecule has 36 heavy (non-hydrogen) atoms. The zero-order valence-corrected chi connectivity index (χ0v) is 19.4. The van der Waals surface area contributed by atoms with E-state index in [1.807, 2.05) is 0 Å². The molecule has 0 unspecified atom stereocenters. The molecule has 7 nitrogen and oxygen atoms in total. The fourth-order valence-electron chi connectivity index (χ4n) is 3.96. The molecule has 10 heteroatoms. The number of carbonyl (C=O) groups excluding carboxylic acids is 2. The number of halogens is 3. The average Bonchev–Trinajstić information content (AvgIpc) is 2.89. The van der Waals surface area contributed by atoms with Gasteiger partial charge in [-0.15, -0.1) is 0 Å². The zero-order chi connectivity index (χ0) is 25.8. The van der Waals surface area contributed by atoms with Gasteiger partial charge in [-0.3, -0.25) is 14.6 Å². The second kappa shape index (κ2) is 10.4. The Hall–Kier alpha value is -3.92. The van der Waals surface area contributed by atoms with E-state index in [1.165, 1.54) is 25.4 Å². The molecule has 2 heterocycles. The molecule has 1 N–H and O–H groups in total. The third-order valence-electron chi connectivity index (χ3n) is 5.94. The van der Waals surface area contributed by atoms with E-state index in [1.54, 1.807) is 47.5 Å². The number of piperidine rings is 1. The van der Waals surface area contributed by atoms with Crippen molar-refractivity contribution in [3.8, 4) is 5.75 Å². The Balaban J connectivity index is 1.41. The number of benzene rings is 2. The third-order valence-corrected chi connectivity index (χ3v) is 5.94. The minimum atomic E-state index is -4.54. The minimum Gasteiger partial charge on any atom is -0.462 e. The summed E-state index contributed by atoms with van der Waals surface area (Å²) in [4.78, 5) is 30.9. The Bertz CT molecular complexity index is 1230. The predicted molar refractivity (Wildman–Crippen MR) is 126 cm³/mol. The van der Waals surface area contributed by atoms with Crippen molar-refractivity contribution >= 4 is 17.5 Å². The fourth-order valence-corrected chi connectivity index (χ4v) is 3.96. The average molecular weight is 499 g/mol. The molecule has 2 aromatic carbocycles. The number of hydrogen-bond acceptors (Lipinski definition) is 5. The topological polar surface area (TPSA) is 80.8 Å². The normalized spacial score (nSPS) is 15.3. The molecule has 3 aromatic rings. The number of likely N-dealkylation sites (tertiary alicyclic amines) is 1. The van der Waals surface area contributed by atoms with E-state index in [0.717, 1.165) is 12.1 Å². The quantitative estimate of drug-likeness (QED) is 0.483. The number of nitrogens with zero attached hydrogens (tertiary/aromatic N) is 2. The number of rotatable bonds is 6. The second-order valence-corrected chi connectivity index (χ2v) is 8.31. The lowest BCUT2D eigenvalue weighted by atomic mass is 10.0. The molecule has 0 radical (unpaired) electrons. The highest BCUT2D eigenvalue weighted by Crippen LogP contribution is 2.32. The predicted octanol–water partition coefficient (Wildman–Crippen LogP) is 5.01. The van der Waals surface area contributed by atoms with Crippen LogP contribution in [0.25, 0.3) is 0 Å². The highest BCUT2D eigenvalue weighted by atomic mass is 19.4. The van der Waals surface area contributed by atoms with Crippen LogP contribution in [0, 0.1) is 0 Å². The summed E-state index contributed by atoms with van der Waals surface area (Å²) < 4.78 is 50.8. The van der Waals surface area contributed by atoms with Crippen molar-refractivity contribution in [1.82, 2.24) is 9.88 Å². The van der Waals surface area contributed by atoms with Gasteiger partial charge in [0.05, 0.1) is 11.1 Å². The van der Waals surface area contributed by atoms with Gasteiger partial charge in [0.1, 0.15) is 5.75 Å². The van der Waals surface area contributed by atoms with Crippen molar-refractivity contribution in [3.63, 3.8) is 0 Å². The Kier molecular flexibility index (Phi) is 7.25. The molecular weight excluding hydrogens is 475 g/mol.